The fourth-order valence-electron chi connectivity index (χ4n) is 1.93. The molecule has 1 aromatic heterocycles. The number of hydrogen-bond donors (Lipinski definition) is 1. The predicted octanol–water partition coefficient (Wildman–Crippen LogP) is 2.05. The van der Waals surface area contributed by atoms with Crippen molar-refractivity contribution in [1.29, 1.82) is 0 Å². The fraction of sp³-hybridized carbons (Fsp3) is 0.500. The lowest BCUT2D eigenvalue weighted by Crippen LogP contribution is -2.35. The van der Waals surface area contributed by atoms with Crippen LogP contribution in [0.3, 0.4) is 0 Å². The Morgan fingerprint density at radius 2 is 2.11 bits per heavy atom. The number of fused-ring (bicyclic) bond motifs is 1. The summed E-state index contributed by atoms with van der Waals surface area (Å²) in [6, 6.07) is 8.48. The van der Waals surface area contributed by atoms with Crippen LogP contribution >= 0.6 is 0 Å². The Morgan fingerprint density at radius 3 is 2.83 bits per heavy atom. The van der Waals surface area contributed by atoms with Crippen molar-refractivity contribution in [1.82, 2.24) is 14.9 Å². The minimum Gasteiger partial charge on any atom is -0.377 e. The summed E-state index contributed by atoms with van der Waals surface area (Å²) in [7, 11) is 1.97. The van der Waals surface area contributed by atoms with E-state index in [0.29, 0.717) is 12.6 Å². The molecule has 1 atom stereocenters. The Morgan fingerprint density at radius 1 is 1.33 bits per heavy atom. The monoisotopic (exact) mass is 247 g/mol. The highest BCUT2D eigenvalue weighted by Gasteiger charge is 2.10. The van der Waals surface area contributed by atoms with E-state index >= 15 is 0 Å². The highest BCUT2D eigenvalue weighted by atomic mass is 16.5. The van der Waals surface area contributed by atoms with Crippen molar-refractivity contribution >= 4 is 11.0 Å². The van der Waals surface area contributed by atoms with Crippen LogP contribution in [-0.4, -0.2) is 35.4 Å². The Hall–Kier alpha value is -1.39. The normalized spacial score (nSPS) is 13.3. The number of nitrogens with zero attached hydrogens (tertiary/aromatic N) is 2. The summed E-state index contributed by atoms with van der Waals surface area (Å²) in [5.74, 6) is 0. The summed E-state index contributed by atoms with van der Waals surface area (Å²) in [6.45, 7) is 5.68. The first-order valence-corrected chi connectivity index (χ1v) is 6.39. The van der Waals surface area contributed by atoms with Gasteiger partial charge in [-0.3, -0.25) is 0 Å². The largest absolute Gasteiger partial charge is 0.377 e. The lowest BCUT2D eigenvalue weighted by molar-refractivity contribution is 0.0596. The molecule has 18 heavy (non-hydrogen) atoms. The standard InChI is InChI=1S/C14H21N3O/c1-11(2)18-9-12(15-3)8-17-10-16-13-6-4-5-7-14(13)17/h4-7,10-12,15H,8-9H2,1-3H3. The Kier molecular flexibility index (Phi) is 4.33. The minimum absolute atomic E-state index is 0.264. The van der Waals surface area contributed by atoms with Crippen molar-refractivity contribution in [3.8, 4) is 0 Å². The van der Waals surface area contributed by atoms with Gasteiger partial charge in [-0.15, -0.1) is 0 Å². The number of rotatable bonds is 6. The van der Waals surface area contributed by atoms with Gasteiger partial charge in [0, 0.05) is 12.6 Å². The maximum absolute atomic E-state index is 5.66. The molecule has 0 amide bonds. The number of hydrogen-bond acceptors (Lipinski definition) is 3. The smallest absolute Gasteiger partial charge is 0.0958 e. The second kappa shape index (κ2) is 5.98. The molecule has 0 aliphatic carbocycles. The van der Waals surface area contributed by atoms with E-state index in [-0.39, 0.29) is 6.10 Å². The number of ether oxygens (including phenoxy) is 1. The van der Waals surface area contributed by atoms with Gasteiger partial charge in [-0.25, -0.2) is 4.98 Å². The SMILES string of the molecule is CNC(COC(C)C)Cn1cnc2ccccc21. The summed E-state index contributed by atoms with van der Waals surface area (Å²) >= 11 is 0. The van der Waals surface area contributed by atoms with Crippen molar-refractivity contribution in [2.45, 2.75) is 32.5 Å². The quantitative estimate of drug-likeness (QED) is 0.849. The summed E-state index contributed by atoms with van der Waals surface area (Å²) in [4.78, 5) is 4.40. The van der Waals surface area contributed by atoms with Crippen LogP contribution in [0.1, 0.15) is 13.8 Å². The number of benzene rings is 1. The van der Waals surface area contributed by atoms with Crippen molar-refractivity contribution in [2.75, 3.05) is 13.7 Å². The molecule has 98 valence electrons. The van der Waals surface area contributed by atoms with Crippen LogP contribution in [0.25, 0.3) is 11.0 Å². The summed E-state index contributed by atoms with van der Waals surface area (Å²) < 4.78 is 7.83. The van der Waals surface area contributed by atoms with Crippen LogP contribution < -0.4 is 5.32 Å². The molecule has 2 aromatic rings. The molecule has 1 N–H and O–H groups in total. The van der Waals surface area contributed by atoms with Crippen LogP contribution in [-0.2, 0) is 11.3 Å². The van der Waals surface area contributed by atoms with Crippen LogP contribution in [0, 0.1) is 0 Å². The predicted molar refractivity (Wildman–Crippen MR) is 73.7 cm³/mol. The van der Waals surface area contributed by atoms with E-state index in [2.05, 4.69) is 34.8 Å². The van der Waals surface area contributed by atoms with Gasteiger partial charge in [-0.05, 0) is 33.0 Å². The average molecular weight is 247 g/mol. The lowest BCUT2D eigenvalue weighted by Gasteiger charge is -2.18. The molecule has 0 radical (unpaired) electrons. The molecule has 0 bridgehead atoms. The molecule has 0 fully saturated rings. The van der Waals surface area contributed by atoms with E-state index < -0.39 is 0 Å². The molecular formula is C14H21N3O. The molecule has 0 saturated carbocycles. The maximum atomic E-state index is 5.66. The van der Waals surface area contributed by atoms with Gasteiger partial charge >= 0.3 is 0 Å². The van der Waals surface area contributed by atoms with Gasteiger partial charge in [-0.1, -0.05) is 12.1 Å². The highest BCUT2D eigenvalue weighted by Crippen LogP contribution is 2.12. The van der Waals surface area contributed by atoms with Crippen LogP contribution in [0.4, 0.5) is 0 Å². The topological polar surface area (TPSA) is 39.1 Å². The third-order valence-corrected chi connectivity index (χ3v) is 2.98. The number of imidazole rings is 1. The summed E-state index contributed by atoms with van der Waals surface area (Å²) in [6.07, 6.45) is 2.16. The summed E-state index contributed by atoms with van der Waals surface area (Å²) in [5.41, 5.74) is 2.21. The first kappa shape index (κ1) is 13.1. The molecule has 0 spiro atoms. The van der Waals surface area contributed by atoms with E-state index in [9.17, 15) is 0 Å². The maximum Gasteiger partial charge on any atom is 0.0958 e. The minimum atomic E-state index is 0.264. The van der Waals surface area contributed by atoms with Crippen molar-refractivity contribution in [3.63, 3.8) is 0 Å². The molecular weight excluding hydrogens is 226 g/mol. The Bertz CT molecular complexity index is 492. The number of likely N-dealkylation sites (N-methyl/N-ethyl adjacent to an activating group) is 1. The van der Waals surface area contributed by atoms with Gasteiger partial charge in [0.25, 0.3) is 0 Å². The second-order valence-electron chi connectivity index (χ2n) is 4.75. The van der Waals surface area contributed by atoms with Crippen molar-refractivity contribution in [3.05, 3.63) is 30.6 Å². The van der Waals surface area contributed by atoms with Crippen molar-refractivity contribution < 1.29 is 4.74 Å². The highest BCUT2D eigenvalue weighted by molar-refractivity contribution is 5.74. The van der Waals surface area contributed by atoms with E-state index in [1.54, 1.807) is 0 Å². The molecule has 4 heteroatoms. The Labute approximate surface area is 108 Å². The van der Waals surface area contributed by atoms with E-state index in [4.69, 9.17) is 4.74 Å². The van der Waals surface area contributed by atoms with Crippen molar-refractivity contribution in [2.24, 2.45) is 0 Å². The first-order chi connectivity index (χ1) is 8.70. The second-order valence-corrected chi connectivity index (χ2v) is 4.75. The molecule has 0 aliphatic heterocycles. The van der Waals surface area contributed by atoms with Gasteiger partial charge in [0.2, 0.25) is 0 Å². The number of nitrogens with one attached hydrogen (secondary N) is 1. The average Bonchev–Trinajstić information content (AvgIpc) is 2.77. The molecule has 2 rings (SSSR count). The molecule has 1 heterocycles. The number of aromatic nitrogens is 2. The van der Waals surface area contributed by atoms with Gasteiger partial charge in [0.1, 0.15) is 0 Å². The molecule has 0 saturated heterocycles. The van der Waals surface area contributed by atoms with Gasteiger partial charge < -0.3 is 14.6 Å². The van der Waals surface area contributed by atoms with E-state index in [0.717, 1.165) is 12.1 Å². The van der Waals surface area contributed by atoms with Gasteiger partial charge in [0.15, 0.2) is 0 Å². The molecule has 0 aliphatic rings. The van der Waals surface area contributed by atoms with Gasteiger partial charge in [0.05, 0.1) is 30.1 Å². The van der Waals surface area contributed by atoms with Crippen LogP contribution in [0.2, 0.25) is 0 Å². The molecule has 1 aromatic carbocycles. The third kappa shape index (κ3) is 3.09. The first-order valence-electron chi connectivity index (χ1n) is 6.39. The molecule has 1 unspecified atom stereocenters. The zero-order valence-electron chi connectivity index (χ0n) is 11.3. The van der Waals surface area contributed by atoms with Gasteiger partial charge in [-0.2, -0.15) is 0 Å². The van der Waals surface area contributed by atoms with Crippen LogP contribution in [0.5, 0.6) is 0 Å². The summed E-state index contributed by atoms with van der Waals surface area (Å²) in [5, 5.41) is 3.29. The zero-order chi connectivity index (χ0) is 13.0. The molecule has 4 nitrogen and oxygen atoms in total. The number of para-hydroxylation sites is 2. The Balaban J connectivity index is 2.07. The van der Waals surface area contributed by atoms with E-state index in [1.165, 1.54) is 5.52 Å². The van der Waals surface area contributed by atoms with E-state index in [1.807, 2.05) is 31.6 Å². The zero-order valence-corrected chi connectivity index (χ0v) is 11.3. The van der Waals surface area contributed by atoms with Crippen LogP contribution in [0.15, 0.2) is 30.6 Å². The lowest BCUT2D eigenvalue weighted by atomic mass is 10.3. The third-order valence-electron chi connectivity index (χ3n) is 2.98. The fourth-order valence-corrected chi connectivity index (χ4v) is 1.93.